The van der Waals surface area contributed by atoms with Crippen LogP contribution in [0, 0.1) is 0 Å². The molecule has 0 spiro atoms. The second-order valence-electron chi connectivity index (χ2n) is 5.45. The fraction of sp³-hybridized carbons (Fsp3) is 0.278. The third kappa shape index (κ3) is 3.87. The van der Waals surface area contributed by atoms with Crippen molar-refractivity contribution in [3.63, 3.8) is 0 Å². The zero-order chi connectivity index (χ0) is 18.7. The van der Waals surface area contributed by atoms with Crippen molar-refractivity contribution >= 4 is 19.1 Å². The number of hydrogen-bond acceptors (Lipinski definition) is 7. The SMILES string of the molecule is CCO[P+]([O-])(OCC)OCc1c2ccc(=O)cc-2oc2cc([O-])ccc12. The van der Waals surface area contributed by atoms with Crippen LogP contribution in [-0.4, -0.2) is 13.2 Å². The van der Waals surface area contributed by atoms with Crippen LogP contribution < -0.4 is 15.4 Å². The standard InChI is InChI=1S/C18H19O7P/c1-3-22-26(21,23-4-2)24-11-16-14-7-5-12(19)9-17(14)25-18-10-13(20)6-8-15(16)18/h5-10,19H,3-4,11H2,1-2H3/p-1. The highest BCUT2D eigenvalue weighted by molar-refractivity contribution is 7.53. The molecule has 1 aromatic rings. The van der Waals surface area contributed by atoms with Crippen LogP contribution >= 0.6 is 8.17 Å². The fourth-order valence-electron chi connectivity index (χ4n) is 2.66. The monoisotopic (exact) mass is 377 g/mol. The number of phosphoric acid groups is 1. The van der Waals surface area contributed by atoms with Crippen molar-refractivity contribution in [2.75, 3.05) is 13.2 Å². The number of hydrogen-bond donors (Lipinski definition) is 0. The van der Waals surface area contributed by atoms with Gasteiger partial charge in [0.05, 0.1) is 13.2 Å². The van der Waals surface area contributed by atoms with E-state index >= 15 is 0 Å². The molecule has 0 atom stereocenters. The first-order chi connectivity index (χ1) is 12.5. The molecule has 8 heteroatoms. The van der Waals surface area contributed by atoms with Gasteiger partial charge < -0.3 is 14.4 Å². The molecule has 138 valence electrons. The van der Waals surface area contributed by atoms with E-state index in [2.05, 4.69) is 0 Å². The molecule has 1 aliphatic heterocycles. The van der Waals surface area contributed by atoms with Gasteiger partial charge in [-0.2, -0.15) is 13.6 Å². The van der Waals surface area contributed by atoms with E-state index in [1.165, 1.54) is 24.3 Å². The molecule has 0 N–H and O–H groups in total. The first-order valence-electron chi connectivity index (χ1n) is 8.16. The minimum absolute atomic E-state index is 0.100. The van der Waals surface area contributed by atoms with Crippen LogP contribution in [0.5, 0.6) is 5.75 Å². The average molecular weight is 377 g/mol. The molecule has 0 radical (unpaired) electrons. The van der Waals surface area contributed by atoms with E-state index in [4.69, 9.17) is 18.0 Å². The average Bonchev–Trinajstić information content (AvgIpc) is 2.58. The summed E-state index contributed by atoms with van der Waals surface area (Å²) < 4.78 is 21.5. The number of benzene rings is 2. The Hall–Kier alpha value is -2.02. The maximum atomic E-state index is 12.6. The van der Waals surface area contributed by atoms with Gasteiger partial charge in [-0.05, 0) is 32.0 Å². The Morgan fingerprint density at radius 2 is 1.77 bits per heavy atom. The number of fused-ring (bicyclic) bond motifs is 2. The highest BCUT2D eigenvalue weighted by Crippen LogP contribution is 2.54. The summed E-state index contributed by atoms with van der Waals surface area (Å²) in [7, 11) is -3.71. The summed E-state index contributed by atoms with van der Waals surface area (Å²) in [5.74, 6) is 0.0944. The lowest BCUT2D eigenvalue weighted by atomic mass is 10.0. The van der Waals surface area contributed by atoms with Crippen LogP contribution in [0.3, 0.4) is 0 Å². The molecule has 1 aliphatic carbocycles. The maximum absolute atomic E-state index is 12.6. The summed E-state index contributed by atoms with van der Waals surface area (Å²) in [6.45, 7) is 3.61. The van der Waals surface area contributed by atoms with Crippen molar-refractivity contribution in [1.82, 2.24) is 0 Å². The van der Waals surface area contributed by atoms with Crippen molar-refractivity contribution in [3.8, 4) is 17.1 Å². The van der Waals surface area contributed by atoms with E-state index in [1.54, 1.807) is 26.0 Å². The molecule has 3 rings (SSSR count). The van der Waals surface area contributed by atoms with Crippen LogP contribution in [0.4, 0.5) is 0 Å². The quantitative estimate of drug-likeness (QED) is 0.460. The third-order valence-electron chi connectivity index (χ3n) is 3.72. The molecule has 1 aromatic carbocycles. The lowest BCUT2D eigenvalue weighted by Gasteiger charge is -2.25. The van der Waals surface area contributed by atoms with Crippen LogP contribution in [-0.2, 0) is 20.2 Å². The Labute approximate surface area is 150 Å². The van der Waals surface area contributed by atoms with Gasteiger partial charge in [0.2, 0.25) is 0 Å². The third-order valence-corrected chi connectivity index (χ3v) is 5.31. The summed E-state index contributed by atoms with van der Waals surface area (Å²) in [4.78, 5) is 24.2. The van der Waals surface area contributed by atoms with Gasteiger partial charge >= 0.3 is 8.17 Å². The molecular formula is C18H18O7P-. The smallest absolute Gasteiger partial charge is 0.379 e. The predicted molar refractivity (Wildman–Crippen MR) is 93.5 cm³/mol. The van der Waals surface area contributed by atoms with E-state index in [1.807, 2.05) is 0 Å². The largest absolute Gasteiger partial charge is 0.872 e. The first-order valence-corrected chi connectivity index (χ1v) is 9.62. The van der Waals surface area contributed by atoms with E-state index < -0.39 is 8.17 Å². The molecule has 0 aromatic heterocycles. The number of rotatable bonds is 7. The lowest BCUT2D eigenvalue weighted by Crippen LogP contribution is -2.19. The van der Waals surface area contributed by atoms with E-state index in [9.17, 15) is 14.8 Å². The Balaban J connectivity index is 2.09. The molecule has 0 amide bonds. The van der Waals surface area contributed by atoms with Crippen LogP contribution in [0.1, 0.15) is 19.4 Å². The Bertz CT molecular complexity index is 931. The van der Waals surface area contributed by atoms with Crippen molar-refractivity contribution in [1.29, 1.82) is 0 Å². The van der Waals surface area contributed by atoms with Gasteiger partial charge in [-0.25, -0.2) is 0 Å². The summed E-state index contributed by atoms with van der Waals surface area (Å²) >= 11 is 0. The summed E-state index contributed by atoms with van der Waals surface area (Å²) in [6, 6.07) is 8.69. The van der Waals surface area contributed by atoms with Gasteiger partial charge in [0, 0.05) is 22.6 Å². The van der Waals surface area contributed by atoms with Crippen molar-refractivity contribution < 1.29 is 28.0 Å². The van der Waals surface area contributed by atoms with Gasteiger partial charge in [-0.1, -0.05) is 12.1 Å². The number of phosphoric ester groups is 1. The summed E-state index contributed by atoms with van der Waals surface area (Å²) in [6.07, 6.45) is 0. The molecule has 0 saturated heterocycles. The topological polar surface area (TPSA) is 104 Å². The molecule has 0 bridgehead atoms. The van der Waals surface area contributed by atoms with E-state index in [0.717, 1.165) is 0 Å². The molecular weight excluding hydrogens is 359 g/mol. The predicted octanol–water partition coefficient (Wildman–Crippen LogP) is 2.60. The van der Waals surface area contributed by atoms with Gasteiger partial charge in [0.15, 0.2) is 5.43 Å². The summed E-state index contributed by atoms with van der Waals surface area (Å²) in [5, 5.41) is 12.3. The van der Waals surface area contributed by atoms with Gasteiger partial charge in [-0.15, -0.1) is 5.75 Å². The zero-order valence-corrected chi connectivity index (χ0v) is 15.3. The Morgan fingerprint density at radius 1 is 1.04 bits per heavy atom. The zero-order valence-electron chi connectivity index (χ0n) is 14.4. The minimum Gasteiger partial charge on any atom is -0.872 e. The van der Waals surface area contributed by atoms with Crippen molar-refractivity contribution in [2.45, 2.75) is 20.5 Å². The van der Waals surface area contributed by atoms with E-state index in [0.29, 0.717) is 27.9 Å². The van der Waals surface area contributed by atoms with Crippen LogP contribution in [0.15, 0.2) is 45.6 Å². The Kier molecular flexibility index (Phi) is 5.55. The van der Waals surface area contributed by atoms with Gasteiger partial charge in [0.25, 0.3) is 0 Å². The summed E-state index contributed by atoms with van der Waals surface area (Å²) in [5.41, 5.74) is 1.34. The van der Waals surface area contributed by atoms with Gasteiger partial charge in [-0.3, -0.25) is 4.79 Å². The molecule has 1 heterocycles. The van der Waals surface area contributed by atoms with Crippen molar-refractivity contribution in [2.24, 2.45) is 0 Å². The molecule has 26 heavy (non-hydrogen) atoms. The second-order valence-corrected chi connectivity index (χ2v) is 7.12. The molecule has 0 fully saturated rings. The minimum atomic E-state index is -3.71. The normalized spacial score (nSPS) is 12.1. The van der Waals surface area contributed by atoms with Gasteiger partial charge in [0.1, 0.15) is 18.0 Å². The fourth-order valence-corrected chi connectivity index (χ4v) is 3.81. The molecule has 0 saturated carbocycles. The lowest BCUT2D eigenvalue weighted by molar-refractivity contribution is -0.268. The van der Waals surface area contributed by atoms with E-state index in [-0.39, 0.29) is 31.0 Å². The molecule has 2 aliphatic rings. The van der Waals surface area contributed by atoms with Crippen molar-refractivity contribution in [3.05, 3.63) is 52.2 Å². The first kappa shape index (κ1) is 18.8. The molecule has 7 nitrogen and oxygen atoms in total. The van der Waals surface area contributed by atoms with Crippen LogP contribution in [0.2, 0.25) is 0 Å². The highest BCUT2D eigenvalue weighted by Gasteiger charge is 2.32. The second kappa shape index (κ2) is 7.70. The molecule has 0 unspecified atom stereocenters. The Morgan fingerprint density at radius 3 is 2.46 bits per heavy atom. The maximum Gasteiger partial charge on any atom is 0.379 e. The van der Waals surface area contributed by atoms with Crippen LogP contribution in [0.25, 0.3) is 22.3 Å². The highest BCUT2D eigenvalue weighted by atomic mass is 31.2.